The molecule has 35 atom stereocenters. The van der Waals surface area contributed by atoms with Crippen molar-refractivity contribution in [2.75, 3.05) is 46.2 Å². The van der Waals surface area contributed by atoms with Gasteiger partial charge in [0.05, 0.1) is 46.2 Å². The molecule has 7 rings (SSSR count). The summed E-state index contributed by atoms with van der Waals surface area (Å²) >= 11 is 0. The van der Waals surface area contributed by atoms with Crippen molar-refractivity contribution in [1.29, 1.82) is 0 Å². The van der Waals surface area contributed by atoms with Crippen molar-refractivity contribution >= 4 is 19.6 Å². The Kier molecular flexibility index (Phi) is 26.0. The number of carbonyl (C=O) groups is 2. The molecule has 0 spiro atoms. The minimum Gasteiger partial charge on any atom is -0.394 e. The first-order valence-corrected chi connectivity index (χ1v) is 28.9. The summed E-state index contributed by atoms with van der Waals surface area (Å²) in [4.78, 5) is 43.3. The summed E-state index contributed by atoms with van der Waals surface area (Å²) in [5.41, 5.74) is 0. The first-order valence-electron chi connectivity index (χ1n) is 27.4. The number of rotatable bonds is 23. The molecule has 2 amide bonds. The second-order valence-corrected chi connectivity index (χ2v) is 22.9. The molecule has 41 nitrogen and oxygen atoms in total. The third-order valence-corrected chi connectivity index (χ3v) is 16.0. The highest BCUT2D eigenvalue weighted by molar-refractivity contribution is 7.46. The van der Waals surface area contributed by atoms with Crippen LogP contribution in [0.4, 0.5) is 0 Å². The number of aliphatic hydroxyl groups excluding tert-OH is 20. The second kappa shape index (κ2) is 31.3. The third-order valence-electron chi connectivity index (χ3n) is 15.6. The number of ether oxygens (including phenoxy) is 13. The lowest BCUT2D eigenvalue weighted by Gasteiger charge is -2.50. The van der Waals surface area contributed by atoms with E-state index in [0.717, 1.165) is 13.8 Å². The van der Waals surface area contributed by atoms with Crippen LogP contribution in [0.15, 0.2) is 0 Å². The molecule has 42 heteroatoms. The quantitative estimate of drug-likeness (QED) is 0.0422. The van der Waals surface area contributed by atoms with Crippen molar-refractivity contribution < 1.29 is 192 Å². The van der Waals surface area contributed by atoms with Gasteiger partial charge in [0.1, 0.15) is 171 Å². The molecule has 512 valence electrons. The Morgan fingerprint density at radius 1 is 0.352 bits per heavy atom. The second-order valence-electron chi connectivity index (χ2n) is 21.7. The first-order chi connectivity index (χ1) is 41.4. The minimum atomic E-state index is -5.29. The van der Waals surface area contributed by atoms with Crippen LogP contribution in [0.1, 0.15) is 13.8 Å². The fourth-order valence-electron chi connectivity index (χ4n) is 10.8. The van der Waals surface area contributed by atoms with Crippen LogP contribution in [0.25, 0.3) is 0 Å². The van der Waals surface area contributed by atoms with E-state index in [9.17, 15) is 126 Å². The summed E-state index contributed by atoms with van der Waals surface area (Å²) < 4.78 is 90.5. The largest absolute Gasteiger partial charge is 0.469 e. The van der Waals surface area contributed by atoms with Gasteiger partial charge in [-0.25, -0.2) is 4.57 Å². The van der Waals surface area contributed by atoms with Gasteiger partial charge in [0, 0.05) is 13.8 Å². The SMILES string of the molecule is CC(=O)N[C@@H]1[C@@H](O)[C@H](O[C@@H]2O[C@H](CO)[C@@H](O[C@@H]3O[C@H](CO[C@H]4O[C@H](CO)[C@@H](O)[C@H](O[C@H]5O[C@H](CO)[C@@H](O)[C@H](O)[C@@H]5O)[C@@H]4O)[C@@H](O)[C@H](O[C@H]4O[C@H](CO)[C@@H](O)[C@H](O)[C@@H]4O[C@H]4O[C@H](COP(=O)(O)O)[C@@H](O)[C@H](O)[C@@H]4O)[C@@H]3O)[C@H](O)[C@H]2NC(C)=O)[C@@H](CO)O[C@H]1O. The molecule has 0 bridgehead atoms. The van der Waals surface area contributed by atoms with Crippen molar-refractivity contribution in [2.45, 2.75) is 229 Å². The Hall–Kier alpha value is -2.27. The van der Waals surface area contributed by atoms with Gasteiger partial charge in [0.2, 0.25) is 11.8 Å². The maximum absolute atomic E-state index is 12.7. The summed E-state index contributed by atoms with van der Waals surface area (Å²) in [5, 5.41) is 223. The van der Waals surface area contributed by atoms with Crippen molar-refractivity contribution in [3.8, 4) is 0 Å². The summed E-state index contributed by atoms with van der Waals surface area (Å²) in [7, 11) is -5.29. The minimum absolute atomic E-state index is 0.760. The Morgan fingerprint density at radius 2 is 0.705 bits per heavy atom. The Bertz CT molecular complexity index is 2250. The number of aliphatic hydroxyl groups is 20. The van der Waals surface area contributed by atoms with Gasteiger partial charge in [-0.05, 0) is 0 Å². The molecular weight excluding hydrogens is 1240 g/mol. The van der Waals surface area contributed by atoms with Crippen LogP contribution < -0.4 is 10.6 Å². The molecular formula is C46H79N2O39P. The summed E-state index contributed by atoms with van der Waals surface area (Å²) in [5.74, 6) is -1.66. The number of amides is 2. The predicted molar refractivity (Wildman–Crippen MR) is 266 cm³/mol. The molecule has 88 heavy (non-hydrogen) atoms. The van der Waals surface area contributed by atoms with Gasteiger partial charge in [-0.2, -0.15) is 0 Å². The van der Waals surface area contributed by atoms with Crippen LogP contribution in [-0.4, -0.2) is 385 Å². The summed E-state index contributed by atoms with van der Waals surface area (Å²) in [6.07, 6.45) is -68.3. The van der Waals surface area contributed by atoms with E-state index >= 15 is 0 Å². The van der Waals surface area contributed by atoms with Crippen molar-refractivity contribution in [3.63, 3.8) is 0 Å². The van der Waals surface area contributed by atoms with Crippen molar-refractivity contribution in [2.24, 2.45) is 0 Å². The van der Waals surface area contributed by atoms with Gasteiger partial charge in [0.25, 0.3) is 0 Å². The molecule has 0 radical (unpaired) electrons. The van der Waals surface area contributed by atoms with E-state index in [1.807, 2.05) is 0 Å². The van der Waals surface area contributed by atoms with Crippen LogP contribution in [-0.2, 0) is 80.3 Å². The highest BCUT2D eigenvalue weighted by atomic mass is 31.2. The average Bonchev–Trinajstić information content (AvgIpc) is 3.03. The standard InChI is InChI=1S/C46H79N2O39P/c1-10(54)47-19-26(61)35(15(6-52)76-40(19)70)83-41-20(48-11(2)55)27(62)36(16(7-53)80-41)84-45-34(69)38(86-46-39(30(65)22(57)13(4-50)79-46)87-44-32(67)29(64)23(58)18(82-44)9-75-88(71,72)73)25(60)17(81-45)8-74-42-33(68)37(24(59)14(5-51)77-42)85-43-31(66)28(63)21(56)12(3-49)78-43/h12-46,49-53,56-70H,3-9H2,1-2H3,(H,47,54)(H,48,55)(H2,71,72,73)/t12-,13-,14-,15-,16-,17-,18-,19-,20-,21-,22-,23-,24-,25-,26-,27-,28+,29+,30+,31+,32+,33+,34+,35-,36-,37+,38+,39+,40-,41+,42+,43-,44-,45+,46-/m1/s1. The highest BCUT2D eigenvalue weighted by Crippen LogP contribution is 2.40. The van der Waals surface area contributed by atoms with E-state index in [1.165, 1.54) is 0 Å². The first kappa shape index (κ1) is 73.1. The Morgan fingerprint density at radius 3 is 1.23 bits per heavy atom. The molecule has 24 N–H and O–H groups in total. The zero-order chi connectivity index (χ0) is 65.1. The van der Waals surface area contributed by atoms with Gasteiger partial charge in [-0.15, -0.1) is 0 Å². The predicted octanol–water partition coefficient (Wildman–Crippen LogP) is -15.9. The topological polar surface area (TPSA) is 650 Å². The van der Waals surface area contributed by atoms with Crippen LogP contribution in [0, 0.1) is 0 Å². The van der Waals surface area contributed by atoms with Crippen LogP contribution in [0.5, 0.6) is 0 Å². The maximum atomic E-state index is 12.7. The summed E-state index contributed by atoms with van der Waals surface area (Å²) in [6.45, 7) is -5.48. The zero-order valence-electron chi connectivity index (χ0n) is 46.4. The Labute approximate surface area is 496 Å². The van der Waals surface area contributed by atoms with Gasteiger partial charge in [0.15, 0.2) is 44.0 Å². The molecule has 0 unspecified atom stereocenters. The normalized spacial score (nSPS) is 48.8. The molecule has 7 heterocycles. The van der Waals surface area contributed by atoms with Gasteiger partial charge < -0.3 is 184 Å². The smallest absolute Gasteiger partial charge is 0.394 e. The lowest BCUT2D eigenvalue weighted by atomic mass is 9.94. The number of hydrogen-bond acceptors (Lipinski definition) is 37. The lowest BCUT2D eigenvalue weighted by Crippen LogP contribution is -2.70. The molecule has 0 aliphatic carbocycles. The zero-order valence-corrected chi connectivity index (χ0v) is 47.3. The van der Waals surface area contributed by atoms with E-state index in [-0.39, 0.29) is 0 Å². The average molecular weight is 1320 g/mol. The Balaban J connectivity index is 1.20. The van der Waals surface area contributed by atoms with E-state index < -0.39 is 281 Å². The number of phosphoric ester groups is 1. The number of nitrogens with one attached hydrogen (secondary N) is 2. The fourth-order valence-corrected chi connectivity index (χ4v) is 11.2. The third kappa shape index (κ3) is 16.4. The van der Waals surface area contributed by atoms with Gasteiger partial charge in [-0.1, -0.05) is 0 Å². The fraction of sp³-hybridized carbons (Fsp3) is 0.957. The van der Waals surface area contributed by atoms with Gasteiger partial charge >= 0.3 is 7.82 Å². The number of phosphoric acid groups is 1. The molecule has 0 aromatic heterocycles. The van der Waals surface area contributed by atoms with E-state index in [1.54, 1.807) is 0 Å². The highest BCUT2D eigenvalue weighted by Gasteiger charge is 2.59. The van der Waals surface area contributed by atoms with E-state index in [4.69, 9.17) is 61.6 Å². The number of carbonyl (C=O) groups excluding carboxylic acids is 2. The molecule has 7 aliphatic heterocycles. The van der Waals surface area contributed by atoms with Crippen molar-refractivity contribution in [3.05, 3.63) is 0 Å². The van der Waals surface area contributed by atoms with Crippen LogP contribution in [0.3, 0.4) is 0 Å². The molecule has 0 saturated carbocycles. The molecule has 7 aliphatic rings. The number of hydrogen-bond donors (Lipinski definition) is 24. The molecule has 7 fully saturated rings. The van der Waals surface area contributed by atoms with E-state index in [2.05, 4.69) is 15.2 Å². The molecule has 7 saturated heterocycles. The van der Waals surface area contributed by atoms with Gasteiger partial charge in [-0.3, -0.25) is 14.1 Å². The van der Waals surface area contributed by atoms with E-state index in [0.29, 0.717) is 0 Å². The molecule has 0 aromatic rings. The monoisotopic (exact) mass is 1310 g/mol. The summed E-state index contributed by atoms with van der Waals surface area (Å²) in [6, 6.07) is -3.46. The van der Waals surface area contributed by atoms with Crippen molar-refractivity contribution in [1.82, 2.24) is 10.6 Å². The van der Waals surface area contributed by atoms with Crippen LogP contribution >= 0.6 is 7.82 Å². The lowest BCUT2D eigenvalue weighted by molar-refractivity contribution is -0.398. The van der Waals surface area contributed by atoms with Crippen LogP contribution in [0.2, 0.25) is 0 Å². The molecule has 0 aromatic carbocycles. The maximum Gasteiger partial charge on any atom is 0.469 e.